The van der Waals surface area contributed by atoms with Gasteiger partial charge in [0.05, 0.1) is 11.1 Å². The number of rotatable bonds is 3. The number of ether oxygens (including phenoxy) is 2. The van der Waals surface area contributed by atoms with Gasteiger partial charge in [0, 0.05) is 44.8 Å². The Bertz CT molecular complexity index is 1150. The van der Waals surface area contributed by atoms with Crippen molar-refractivity contribution in [3.05, 3.63) is 18.2 Å². The minimum atomic E-state index is 0.240. The zero-order valence-electron chi connectivity index (χ0n) is 18.5. The minimum absolute atomic E-state index is 0.240. The highest BCUT2D eigenvalue weighted by Crippen LogP contribution is 2.39. The van der Waals surface area contributed by atoms with Crippen molar-refractivity contribution >= 4 is 22.8 Å². The van der Waals surface area contributed by atoms with Gasteiger partial charge >= 0.3 is 0 Å². The van der Waals surface area contributed by atoms with Crippen molar-refractivity contribution in [2.45, 2.75) is 38.1 Å². The second-order valence-electron chi connectivity index (χ2n) is 8.96. The summed E-state index contributed by atoms with van der Waals surface area (Å²) in [6.07, 6.45) is 6.79. The van der Waals surface area contributed by atoms with Crippen LogP contribution in [0.1, 0.15) is 32.1 Å². The molecule has 1 saturated carbocycles. The number of aromatic nitrogens is 4. The van der Waals surface area contributed by atoms with E-state index in [0.717, 1.165) is 60.4 Å². The molecule has 9 heteroatoms. The molecule has 0 atom stereocenters. The van der Waals surface area contributed by atoms with Crippen molar-refractivity contribution in [1.29, 1.82) is 0 Å². The number of hydrogen-bond donors (Lipinski definition) is 1. The fourth-order valence-electron chi connectivity index (χ4n) is 5.23. The van der Waals surface area contributed by atoms with Crippen molar-refractivity contribution in [3.8, 4) is 22.8 Å². The van der Waals surface area contributed by atoms with E-state index in [1.165, 1.54) is 32.1 Å². The summed E-state index contributed by atoms with van der Waals surface area (Å²) < 4.78 is 12.7. The van der Waals surface area contributed by atoms with Gasteiger partial charge in [-0.05, 0) is 31.0 Å². The molecule has 4 heterocycles. The molecule has 32 heavy (non-hydrogen) atoms. The molecule has 0 radical (unpaired) electrons. The summed E-state index contributed by atoms with van der Waals surface area (Å²) in [5, 5.41) is 5.34. The summed E-state index contributed by atoms with van der Waals surface area (Å²) in [5.41, 5.74) is 8.69. The van der Waals surface area contributed by atoms with Crippen molar-refractivity contribution in [3.63, 3.8) is 0 Å². The summed E-state index contributed by atoms with van der Waals surface area (Å²) in [7, 11) is 1.84. The van der Waals surface area contributed by atoms with E-state index >= 15 is 0 Å². The summed E-state index contributed by atoms with van der Waals surface area (Å²) in [4.78, 5) is 14.7. The molecule has 168 valence electrons. The Morgan fingerprint density at radius 2 is 1.75 bits per heavy atom. The number of fused-ring (bicyclic) bond motifs is 2. The zero-order chi connectivity index (χ0) is 21.7. The van der Waals surface area contributed by atoms with Crippen LogP contribution in [-0.4, -0.2) is 63.7 Å². The molecule has 1 aromatic carbocycles. The lowest BCUT2D eigenvalue weighted by atomic mass is 9.94. The summed E-state index contributed by atoms with van der Waals surface area (Å²) in [6.45, 7) is 4.19. The third-order valence-corrected chi connectivity index (χ3v) is 7.06. The average Bonchev–Trinajstić information content (AvgIpc) is 3.42. The van der Waals surface area contributed by atoms with Crippen molar-refractivity contribution < 1.29 is 9.47 Å². The first-order valence-electron chi connectivity index (χ1n) is 11.6. The second kappa shape index (κ2) is 7.81. The van der Waals surface area contributed by atoms with Gasteiger partial charge in [-0.1, -0.05) is 19.3 Å². The molecule has 0 spiro atoms. The molecule has 1 saturated heterocycles. The fraction of sp³-hybridized carbons (Fsp3) is 0.522. The van der Waals surface area contributed by atoms with Crippen LogP contribution in [0.5, 0.6) is 11.5 Å². The Labute approximate surface area is 187 Å². The third kappa shape index (κ3) is 3.31. The predicted molar refractivity (Wildman–Crippen MR) is 123 cm³/mol. The topological polar surface area (TPSA) is 94.6 Å². The van der Waals surface area contributed by atoms with Gasteiger partial charge < -0.3 is 20.1 Å². The van der Waals surface area contributed by atoms with Crippen LogP contribution in [0.15, 0.2) is 18.2 Å². The number of nitrogens with zero attached hydrogens (tertiary/aromatic N) is 6. The van der Waals surface area contributed by atoms with Crippen LogP contribution in [0.4, 0.5) is 11.8 Å². The Balaban J connectivity index is 1.34. The average molecular weight is 436 g/mol. The Kier molecular flexibility index (Phi) is 4.78. The summed E-state index contributed by atoms with van der Waals surface area (Å²) in [6, 6.07) is 6.61. The maximum absolute atomic E-state index is 6.36. The number of aryl methyl sites for hydroxylation is 1. The molecule has 0 unspecified atom stereocenters. The van der Waals surface area contributed by atoms with Crippen LogP contribution in [-0.2, 0) is 7.05 Å². The molecular formula is C23H29N7O2. The van der Waals surface area contributed by atoms with Gasteiger partial charge in [-0.25, -0.2) is 4.98 Å². The van der Waals surface area contributed by atoms with Crippen LogP contribution < -0.4 is 20.1 Å². The normalized spacial score (nSPS) is 19.7. The van der Waals surface area contributed by atoms with E-state index in [4.69, 9.17) is 25.2 Å². The van der Waals surface area contributed by atoms with Crippen LogP contribution in [0.3, 0.4) is 0 Å². The van der Waals surface area contributed by atoms with Crippen LogP contribution >= 0.6 is 0 Å². The van der Waals surface area contributed by atoms with Gasteiger partial charge in [0.1, 0.15) is 5.82 Å². The number of nitrogen functional groups attached to an aromatic ring is 1. The molecule has 2 fully saturated rings. The van der Waals surface area contributed by atoms with Gasteiger partial charge in [-0.3, -0.25) is 9.58 Å². The smallest absolute Gasteiger partial charge is 0.231 e. The van der Waals surface area contributed by atoms with E-state index < -0.39 is 0 Å². The number of anilines is 2. The summed E-state index contributed by atoms with van der Waals surface area (Å²) >= 11 is 0. The monoisotopic (exact) mass is 435 g/mol. The molecule has 3 aliphatic rings. The van der Waals surface area contributed by atoms with Crippen LogP contribution in [0.2, 0.25) is 0 Å². The Morgan fingerprint density at radius 3 is 2.56 bits per heavy atom. The van der Waals surface area contributed by atoms with E-state index in [1.807, 2.05) is 25.2 Å². The van der Waals surface area contributed by atoms with Gasteiger partial charge in [0.15, 0.2) is 17.1 Å². The third-order valence-electron chi connectivity index (χ3n) is 7.06. The molecule has 0 bridgehead atoms. The Hall–Kier alpha value is -3.07. The number of piperazine rings is 1. The maximum Gasteiger partial charge on any atom is 0.231 e. The van der Waals surface area contributed by atoms with Crippen molar-refractivity contribution in [2.24, 2.45) is 7.05 Å². The first-order valence-corrected chi connectivity index (χ1v) is 11.6. The van der Waals surface area contributed by atoms with E-state index in [0.29, 0.717) is 17.4 Å². The van der Waals surface area contributed by atoms with E-state index in [1.54, 1.807) is 4.68 Å². The van der Waals surface area contributed by atoms with E-state index in [9.17, 15) is 0 Å². The van der Waals surface area contributed by atoms with Gasteiger partial charge in [-0.15, -0.1) is 0 Å². The van der Waals surface area contributed by atoms with Crippen LogP contribution in [0.25, 0.3) is 22.3 Å². The zero-order valence-corrected chi connectivity index (χ0v) is 18.5. The molecular weight excluding hydrogens is 406 g/mol. The second-order valence-corrected chi connectivity index (χ2v) is 8.96. The standard InChI is InChI=1S/C23H29N7O2/c1-28-21(24)19-20(15-7-8-17-18(13-15)32-14-31-17)25-23(26-22(19)27-28)30-11-9-29(10-12-30)16-5-3-2-4-6-16/h7-8,13,16H,2-6,9-12,14,24H2,1H3. The molecule has 3 aromatic rings. The molecule has 2 N–H and O–H groups in total. The largest absolute Gasteiger partial charge is 0.454 e. The molecule has 0 amide bonds. The van der Waals surface area contributed by atoms with Gasteiger partial charge in [0.25, 0.3) is 0 Å². The molecule has 6 rings (SSSR count). The fourth-order valence-corrected chi connectivity index (χ4v) is 5.23. The highest BCUT2D eigenvalue weighted by Gasteiger charge is 2.28. The van der Waals surface area contributed by atoms with Crippen molar-refractivity contribution in [1.82, 2.24) is 24.6 Å². The predicted octanol–water partition coefficient (Wildman–Crippen LogP) is 2.80. The van der Waals surface area contributed by atoms with Crippen molar-refractivity contribution in [2.75, 3.05) is 43.6 Å². The molecule has 2 aliphatic heterocycles. The highest BCUT2D eigenvalue weighted by atomic mass is 16.7. The molecule has 1 aliphatic carbocycles. The van der Waals surface area contributed by atoms with Gasteiger partial charge in [-0.2, -0.15) is 10.1 Å². The summed E-state index contributed by atoms with van der Waals surface area (Å²) in [5.74, 6) is 2.74. The lowest BCUT2D eigenvalue weighted by Gasteiger charge is -2.40. The highest BCUT2D eigenvalue weighted by molar-refractivity contribution is 5.99. The van der Waals surface area contributed by atoms with Crippen LogP contribution in [0, 0.1) is 0 Å². The van der Waals surface area contributed by atoms with E-state index in [-0.39, 0.29) is 6.79 Å². The quantitative estimate of drug-likeness (QED) is 0.671. The first-order chi connectivity index (χ1) is 15.7. The van der Waals surface area contributed by atoms with E-state index in [2.05, 4.69) is 14.9 Å². The number of benzene rings is 1. The number of hydrogen-bond acceptors (Lipinski definition) is 8. The lowest BCUT2D eigenvalue weighted by Crippen LogP contribution is -2.51. The Morgan fingerprint density at radius 1 is 0.969 bits per heavy atom. The molecule has 9 nitrogen and oxygen atoms in total. The minimum Gasteiger partial charge on any atom is -0.454 e. The molecule has 2 aromatic heterocycles. The first kappa shape index (κ1) is 19.6. The lowest BCUT2D eigenvalue weighted by molar-refractivity contribution is 0.147. The maximum atomic E-state index is 6.36. The number of nitrogens with two attached hydrogens (primary N) is 1. The SMILES string of the molecule is Cn1nc2nc(N3CCN(C4CCCCC4)CC3)nc(-c3ccc4c(c3)OCO4)c2c1N. The van der Waals surface area contributed by atoms with Gasteiger partial charge in [0.2, 0.25) is 12.7 Å².